The molecule has 0 heterocycles. The van der Waals surface area contributed by atoms with Crippen molar-refractivity contribution in [2.75, 3.05) is 0 Å². The topological polar surface area (TPSA) is 54.4 Å². The smallest absolute Gasteiger partial charge is 0.282 e. The molecule has 0 unspecified atom stereocenters. The zero-order valence-corrected chi connectivity index (χ0v) is 18.1. The van der Waals surface area contributed by atoms with Gasteiger partial charge in [0.15, 0.2) is 0 Å². The summed E-state index contributed by atoms with van der Waals surface area (Å²) in [5, 5.41) is 0. The summed E-state index contributed by atoms with van der Waals surface area (Å²) in [7, 11) is -4.09. The van der Waals surface area contributed by atoms with E-state index in [4.69, 9.17) is 4.55 Å². The Labute approximate surface area is 167 Å². The van der Waals surface area contributed by atoms with Crippen molar-refractivity contribution >= 4 is 10.1 Å². The van der Waals surface area contributed by atoms with Crippen molar-refractivity contribution in [1.82, 2.24) is 0 Å². The van der Waals surface area contributed by atoms with Crippen molar-refractivity contribution in [1.29, 1.82) is 0 Å². The van der Waals surface area contributed by atoms with Gasteiger partial charge < -0.3 is 0 Å². The average molecular weight is 397 g/mol. The van der Waals surface area contributed by atoms with Crippen LogP contribution in [0.3, 0.4) is 0 Å². The Kier molecular flexibility index (Phi) is 13.5. The SMILES string of the molecule is CCCCCCCCCCCCCCCCCc1cccc(S(=O)(=O)O)c1. The fraction of sp³-hybridized carbons (Fsp3) is 0.739. The maximum Gasteiger partial charge on any atom is 0.294 e. The molecule has 0 atom stereocenters. The summed E-state index contributed by atoms with van der Waals surface area (Å²) >= 11 is 0. The lowest BCUT2D eigenvalue weighted by Crippen LogP contribution is -1.98. The molecule has 1 N–H and O–H groups in total. The lowest BCUT2D eigenvalue weighted by Gasteiger charge is -2.05. The number of rotatable bonds is 17. The highest BCUT2D eigenvalue weighted by Crippen LogP contribution is 2.16. The van der Waals surface area contributed by atoms with Gasteiger partial charge in [-0.3, -0.25) is 4.55 Å². The van der Waals surface area contributed by atoms with E-state index in [0.717, 1.165) is 18.4 Å². The summed E-state index contributed by atoms with van der Waals surface area (Å²) in [6.07, 6.45) is 21.0. The molecule has 0 bridgehead atoms. The summed E-state index contributed by atoms with van der Waals surface area (Å²) in [5.41, 5.74) is 0.986. The first kappa shape index (κ1) is 24.2. The molecule has 0 aliphatic carbocycles. The molecule has 4 heteroatoms. The first-order valence-electron chi connectivity index (χ1n) is 11.1. The predicted molar refractivity (Wildman–Crippen MR) is 115 cm³/mol. The van der Waals surface area contributed by atoms with Crippen LogP contribution in [0.25, 0.3) is 0 Å². The third kappa shape index (κ3) is 13.0. The Morgan fingerprint density at radius 3 is 1.59 bits per heavy atom. The van der Waals surface area contributed by atoms with E-state index >= 15 is 0 Å². The molecular weight excluding hydrogens is 356 g/mol. The van der Waals surface area contributed by atoms with Gasteiger partial charge in [-0.15, -0.1) is 0 Å². The highest BCUT2D eigenvalue weighted by Gasteiger charge is 2.09. The zero-order chi connectivity index (χ0) is 19.8. The minimum atomic E-state index is -4.09. The lowest BCUT2D eigenvalue weighted by molar-refractivity contribution is 0.483. The van der Waals surface area contributed by atoms with Crippen molar-refractivity contribution in [2.24, 2.45) is 0 Å². The fourth-order valence-electron chi connectivity index (χ4n) is 3.56. The van der Waals surface area contributed by atoms with E-state index in [2.05, 4.69) is 6.92 Å². The summed E-state index contributed by atoms with van der Waals surface area (Å²) in [6.45, 7) is 2.27. The first-order chi connectivity index (χ1) is 13.0. The van der Waals surface area contributed by atoms with Crippen LogP contribution >= 0.6 is 0 Å². The summed E-state index contributed by atoms with van der Waals surface area (Å²) in [4.78, 5) is 0.000888. The average Bonchev–Trinajstić information content (AvgIpc) is 2.64. The molecule has 0 saturated carbocycles. The van der Waals surface area contributed by atoms with Gasteiger partial charge in [0.25, 0.3) is 10.1 Å². The van der Waals surface area contributed by atoms with Crippen LogP contribution in [-0.4, -0.2) is 13.0 Å². The quantitative estimate of drug-likeness (QED) is 0.221. The van der Waals surface area contributed by atoms with Gasteiger partial charge in [0.05, 0.1) is 4.90 Å². The number of hydrogen-bond donors (Lipinski definition) is 1. The van der Waals surface area contributed by atoms with Crippen molar-refractivity contribution in [2.45, 2.75) is 115 Å². The van der Waals surface area contributed by atoms with Gasteiger partial charge in [-0.1, -0.05) is 109 Å². The molecule has 3 nitrogen and oxygen atoms in total. The molecule has 0 amide bonds. The second-order valence-corrected chi connectivity index (χ2v) is 9.24. The van der Waals surface area contributed by atoms with Gasteiger partial charge in [0.1, 0.15) is 0 Å². The second-order valence-electron chi connectivity index (χ2n) is 7.82. The van der Waals surface area contributed by atoms with E-state index < -0.39 is 10.1 Å². The van der Waals surface area contributed by atoms with Gasteiger partial charge in [-0.05, 0) is 30.5 Å². The van der Waals surface area contributed by atoms with E-state index in [1.165, 1.54) is 96.0 Å². The Morgan fingerprint density at radius 2 is 1.15 bits per heavy atom. The van der Waals surface area contributed by atoms with Crippen LogP contribution in [0.1, 0.15) is 109 Å². The molecule has 0 aliphatic heterocycles. The van der Waals surface area contributed by atoms with Gasteiger partial charge in [-0.25, -0.2) is 0 Å². The predicted octanol–water partition coefficient (Wildman–Crippen LogP) is 7.35. The molecule has 0 saturated heterocycles. The number of unbranched alkanes of at least 4 members (excludes halogenated alkanes) is 14. The highest BCUT2D eigenvalue weighted by atomic mass is 32.2. The summed E-state index contributed by atoms with van der Waals surface area (Å²) < 4.78 is 31.4. The highest BCUT2D eigenvalue weighted by molar-refractivity contribution is 7.85. The molecule has 1 rings (SSSR count). The summed E-state index contributed by atoms with van der Waals surface area (Å²) in [5.74, 6) is 0. The molecule has 0 radical (unpaired) electrons. The Bertz CT molecular complexity index is 581. The van der Waals surface area contributed by atoms with Crippen molar-refractivity contribution in [3.8, 4) is 0 Å². The van der Waals surface area contributed by atoms with Crippen LogP contribution < -0.4 is 0 Å². The van der Waals surface area contributed by atoms with Crippen LogP contribution in [0, 0.1) is 0 Å². The molecule has 27 heavy (non-hydrogen) atoms. The molecule has 0 aliphatic rings. The lowest BCUT2D eigenvalue weighted by atomic mass is 10.0. The first-order valence-corrected chi connectivity index (χ1v) is 12.5. The van der Waals surface area contributed by atoms with Gasteiger partial charge in [-0.2, -0.15) is 8.42 Å². The third-order valence-electron chi connectivity index (χ3n) is 5.27. The maximum atomic E-state index is 11.2. The molecule has 0 aromatic heterocycles. The molecule has 1 aromatic rings. The number of benzene rings is 1. The largest absolute Gasteiger partial charge is 0.294 e. The van der Waals surface area contributed by atoms with Crippen LogP contribution in [0.15, 0.2) is 29.2 Å². The van der Waals surface area contributed by atoms with Crippen LogP contribution in [0.5, 0.6) is 0 Å². The van der Waals surface area contributed by atoms with Gasteiger partial charge in [0, 0.05) is 0 Å². The van der Waals surface area contributed by atoms with Crippen molar-refractivity contribution < 1.29 is 13.0 Å². The van der Waals surface area contributed by atoms with Crippen LogP contribution in [0.2, 0.25) is 0 Å². The summed E-state index contributed by atoms with van der Waals surface area (Å²) in [6, 6.07) is 6.65. The van der Waals surface area contributed by atoms with E-state index in [-0.39, 0.29) is 4.90 Å². The van der Waals surface area contributed by atoms with E-state index in [1.54, 1.807) is 12.1 Å². The second kappa shape index (κ2) is 15.1. The standard InChI is InChI=1S/C23H40O3S/c1-2-3-4-5-6-7-8-9-10-11-12-13-14-15-16-18-22-19-17-20-23(21-22)27(24,25)26/h17,19-21H,2-16,18H2,1H3,(H,24,25,26). The Balaban J connectivity index is 1.91. The van der Waals surface area contributed by atoms with Crippen LogP contribution in [-0.2, 0) is 16.5 Å². The third-order valence-corrected chi connectivity index (χ3v) is 6.11. The molecule has 0 spiro atoms. The Morgan fingerprint density at radius 1 is 0.704 bits per heavy atom. The van der Waals surface area contributed by atoms with E-state index in [9.17, 15) is 8.42 Å². The molecule has 0 fully saturated rings. The minimum Gasteiger partial charge on any atom is -0.282 e. The fourth-order valence-corrected chi connectivity index (χ4v) is 4.11. The Hall–Kier alpha value is -0.870. The van der Waals surface area contributed by atoms with Gasteiger partial charge >= 0.3 is 0 Å². The number of aryl methyl sites for hydroxylation is 1. The number of hydrogen-bond acceptors (Lipinski definition) is 2. The van der Waals surface area contributed by atoms with Crippen LogP contribution in [0.4, 0.5) is 0 Å². The molecular formula is C23H40O3S. The van der Waals surface area contributed by atoms with Crippen molar-refractivity contribution in [3.63, 3.8) is 0 Å². The minimum absolute atomic E-state index is 0.000888. The monoisotopic (exact) mass is 396 g/mol. The normalized spacial score (nSPS) is 11.8. The van der Waals surface area contributed by atoms with Crippen molar-refractivity contribution in [3.05, 3.63) is 29.8 Å². The molecule has 156 valence electrons. The maximum absolute atomic E-state index is 11.2. The van der Waals surface area contributed by atoms with E-state index in [0.29, 0.717) is 0 Å². The van der Waals surface area contributed by atoms with Gasteiger partial charge in [0.2, 0.25) is 0 Å². The zero-order valence-electron chi connectivity index (χ0n) is 17.3. The molecule has 1 aromatic carbocycles. The van der Waals surface area contributed by atoms with E-state index in [1.807, 2.05) is 6.07 Å².